The van der Waals surface area contributed by atoms with Crippen molar-refractivity contribution in [2.75, 3.05) is 7.11 Å². The van der Waals surface area contributed by atoms with E-state index in [1.54, 1.807) is 38.1 Å². The Bertz CT molecular complexity index is 1040. The third-order valence-electron chi connectivity index (χ3n) is 4.56. The minimum Gasteiger partial charge on any atom is -0.504 e. The third-order valence-corrected chi connectivity index (χ3v) is 5.11. The maximum absolute atomic E-state index is 12.7. The number of ether oxygens (including phenoxy) is 1. The molecule has 2 aromatic carbocycles. The van der Waals surface area contributed by atoms with Crippen LogP contribution in [0.4, 0.5) is 0 Å². The highest BCUT2D eigenvalue weighted by Gasteiger charge is 2.25. The van der Waals surface area contributed by atoms with Crippen LogP contribution in [0.15, 0.2) is 48.1 Å². The highest BCUT2D eigenvalue weighted by molar-refractivity contribution is 6.36. The van der Waals surface area contributed by atoms with Gasteiger partial charge in [-0.15, -0.1) is 6.58 Å². The summed E-state index contributed by atoms with van der Waals surface area (Å²) in [6.07, 6.45) is 3.51. The van der Waals surface area contributed by atoms with E-state index >= 15 is 0 Å². The van der Waals surface area contributed by atoms with Crippen LogP contribution in [0.2, 0.25) is 10.0 Å². The summed E-state index contributed by atoms with van der Waals surface area (Å²) < 4.78 is 5.17. The van der Waals surface area contributed by atoms with Crippen molar-refractivity contribution in [1.82, 2.24) is 10.7 Å². The Morgan fingerprint density at radius 2 is 1.97 bits per heavy atom. The molecule has 0 heterocycles. The minimum absolute atomic E-state index is 0.0250. The van der Waals surface area contributed by atoms with Crippen molar-refractivity contribution in [2.24, 2.45) is 11.0 Å². The number of hydrogen-bond donors (Lipinski definition) is 3. The number of phenols is 1. The van der Waals surface area contributed by atoms with Gasteiger partial charge in [-0.2, -0.15) is 5.10 Å². The fourth-order valence-corrected chi connectivity index (χ4v) is 3.39. The fourth-order valence-electron chi connectivity index (χ4n) is 2.90. The van der Waals surface area contributed by atoms with Gasteiger partial charge in [-0.1, -0.05) is 43.1 Å². The summed E-state index contributed by atoms with van der Waals surface area (Å²) in [7, 11) is 1.44. The summed E-state index contributed by atoms with van der Waals surface area (Å²) in [5.74, 6) is -0.900. The number of nitrogens with one attached hydrogen (secondary N) is 2. The number of amides is 2. The average Bonchev–Trinajstić information content (AvgIpc) is 2.73. The molecule has 2 rings (SSSR count). The Morgan fingerprint density at radius 3 is 2.56 bits per heavy atom. The Kier molecular flexibility index (Phi) is 9.11. The van der Waals surface area contributed by atoms with Crippen LogP contribution in [0.5, 0.6) is 11.5 Å². The smallest absolute Gasteiger partial charge is 0.262 e. The Labute approximate surface area is 197 Å². The molecule has 1 unspecified atom stereocenters. The molecule has 0 aliphatic carbocycles. The molecule has 9 heteroatoms. The van der Waals surface area contributed by atoms with Crippen LogP contribution in [-0.2, 0) is 11.2 Å². The van der Waals surface area contributed by atoms with Crippen molar-refractivity contribution >= 4 is 41.2 Å². The van der Waals surface area contributed by atoms with E-state index < -0.39 is 17.9 Å². The standard InChI is InChI=1S/C23H25Cl2N3O4/c1-5-6-15-9-14(10-19(32-4)21(15)29)12-26-28-23(31)20(13(2)3)27-22(30)17-8-7-16(24)11-18(17)25/h5,7-13,20,29H,1,6H2,2-4H3,(H,27,30)(H,28,31)/b26-12+. The fraction of sp³-hybridized carbons (Fsp3) is 0.261. The number of rotatable bonds is 9. The molecule has 0 bridgehead atoms. The Hall–Kier alpha value is -3.03. The van der Waals surface area contributed by atoms with Crippen LogP contribution < -0.4 is 15.5 Å². The van der Waals surface area contributed by atoms with Gasteiger partial charge in [-0.3, -0.25) is 9.59 Å². The summed E-state index contributed by atoms with van der Waals surface area (Å²) in [5.41, 5.74) is 3.86. The number of nitrogens with zero attached hydrogens (tertiary/aromatic N) is 1. The van der Waals surface area contributed by atoms with Crippen molar-refractivity contribution in [3.63, 3.8) is 0 Å². The maximum Gasteiger partial charge on any atom is 0.262 e. The van der Waals surface area contributed by atoms with Gasteiger partial charge in [0.1, 0.15) is 6.04 Å². The third kappa shape index (κ3) is 6.48. The van der Waals surface area contributed by atoms with E-state index in [4.69, 9.17) is 27.9 Å². The highest BCUT2D eigenvalue weighted by Crippen LogP contribution is 2.31. The molecular formula is C23H25Cl2N3O4. The maximum atomic E-state index is 12.7. The van der Waals surface area contributed by atoms with Crippen molar-refractivity contribution in [1.29, 1.82) is 0 Å². The van der Waals surface area contributed by atoms with Crippen LogP contribution >= 0.6 is 23.2 Å². The molecule has 170 valence electrons. The first-order valence-electron chi connectivity index (χ1n) is 9.77. The van der Waals surface area contributed by atoms with E-state index in [-0.39, 0.29) is 28.0 Å². The summed E-state index contributed by atoms with van der Waals surface area (Å²) >= 11 is 12.0. The molecule has 0 saturated heterocycles. The number of benzene rings is 2. The predicted molar refractivity (Wildman–Crippen MR) is 127 cm³/mol. The number of phenolic OH excluding ortho intramolecular Hbond substituents is 1. The number of halogens is 2. The van der Waals surface area contributed by atoms with E-state index in [2.05, 4.69) is 22.4 Å². The number of aromatic hydroxyl groups is 1. The van der Waals surface area contributed by atoms with Gasteiger partial charge in [0.2, 0.25) is 0 Å². The Morgan fingerprint density at radius 1 is 1.25 bits per heavy atom. The largest absolute Gasteiger partial charge is 0.504 e. The summed E-state index contributed by atoms with van der Waals surface area (Å²) in [4.78, 5) is 25.2. The predicted octanol–water partition coefficient (Wildman–Crippen LogP) is 4.34. The van der Waals surface area contributed by atoms with E-state index in [9.17, 15) is 14.7 Å². The monoisotopic (exact) mass is 477 g/mol. The molecular weight excluding hydrogens is 453 g/mol. The van der Waals surface area contributed by atoms with Crippen LogP contribution in [0.25, 0.3) is 0 Å². The minimum atomic E-state index is -0.850. The van der Waals surface area contributed by atoms with Gasteiger partial charge < -0.3 is 15.2 Å². The van der Waals surface area contributed by atoms with Gasteiger partial charge in [-0.25, -0.2) is 5.43 Å². The number of hydrazone groups is 1. The van der Waals surface area contributed by atoms with Crippen molar-refractivity contribution in [3.8, 4) is 11.5 Å². The topological polar surface area (TPSA) is 100 Å². The molecule has 0 aliphatic heterocycles. The molecule has 0 spiro atoms. The zero-order valence-corrected chi connectivity index (χ0v) is 19.5. The lowest BCUT2D eigenvalue weighted by Gasteiger charge is -2.20. The quantitative estimate of drug-likeness (QED) is 0.284. The zero-order valence-electron chi connectivity index (χ0n) is 18.0. The van der Waals surface area contributed by atoms with Crippen molar-refractivity contribution in [2.45, 2.75) is 26.3 Å². The van der Waals surface area contributed by atoms with Crippen LogP contribution in [0.1, 0.15) is 35.3 Å². The second-order valence-electron chi connectivity index (χ2n) is 7.28. The molecule has 1 atom stereocenters. The molecule has 0 radical (unpaired) electrons. The first-order valence-corrected chi connectivity index (χ1v) is 10.5. The lowest BCUT2D eigenvalue weighted by atomic mass is 10.0. The second kappa shape index (κ2) is 11.5. The van der Waals surface area contributed by atoms with E-state index in [1.165, 1.54) is 25.5 Å². The van der Waals surface area contributed by atoms with Gasteiger partial charge in [0.15, 0.2) is 11.5 Å². The number of methoxy groups -OCH3 is 1. The van der Waals surface area contributed by atoms with Gasteiger partial charge in [0.25, 0.3) is 11.8 Å². The molecule has 3 N–H and O–H groups in total. The van der Waals surface area contributed by atoms with E-state index in [0.717, 1.165) is 0 Å². The zero-order chi connectivity index (χ0) is 23.8. The van der Waals surface area contributed by atoms with Gasteiger partial charge in [0, 0.05) is 10.6 Å². The van der Waals surface area contributed by atoms with Crippen LogP contribution in [-0.4, -0.2) is 36.3 Å². The van der Waals surface area contributed by atoms with Crippen molar-refractivity contribution < 1.29 is 19.4 Å². The molecule has 2 aromatic rings. The highest BCUT2D eigenvalue weighted by atomic mass is 35.5. The van der Waals surface area contributed by atoms with Gasteiger partial charge in [-0.05, 0) is 48.2 Å². The lowest BCUT2D eigenvalue weighted by Crippen LogP contribution is -2.48. The molecule has 0 saturated carbocycles. The normalized spacial score (nSPS) is 11.9. The SMILES string of the molecule is C=CCc1cc(/C=N/NC(=O)C(NC(=O)c2ccc(Cl)cc2Cl)C(C)C)cc(OC)c1O. The van der Waals surface area contributed by atoms with Crippen LogP contribution in [0, 0.1) is 5.92 Å². The molecule has 7 nitrogen and oxygen atoms in total. The Balaban J connectivity index is 2.13. The molecule has 0 aromatic heterocycles. The van der Waals surface area contributed by atoms with Gasteiger partial charge >= 0.3 is 0 Å². The summed E-state index contributed by atoms with van der Waals surface area (Å²) in [5, 5.41) is 17.4. The number of hydrogen-bond acceptors (Lipinski definition) is 5. The second-order valence-corrected chi connectivity index (χ2v) is 8.12. The van der Waals surface area contributed by atoms with Gasteiger partial charge in [0.05, 0.1) is 23.9 Å². The lowest BCUT2D eigenvalue weighted by molar-refractivity contribution is -0.123. The number of carbonyl (C=O) groups is 2. The molecule has 2 amide bonds. The molecule has 0 fully saturated rings. The number of allylic oxidation sites excluding steroid dienone is 1. The van der Waals surface area contributed by atoms with Crippen LogP contribution in [0.3, 0.4) is 0 Å². The molecule has 32 heavy (non-hydrogen) atoms. The summed E-state index contributed by atoms with van der Waals surface area (Å²) in [6, 6.07) is 6.94. The van der Waals surface area contributed by atoms with Crippen molar-refractivity contribution in [3.05, 3.63) is 69.7 Å². The molecule has 0 aliphatic rings. The first-order chi connectivity index (χ1) is 15.2. The van der Waals surface area contributed by atoms with E-state index in [1.807, 2.05) is 0 Å². The number of carbonyl (C=O) groups excluding carboxylic acids is 2. The first kappa shape index (κ1) is 25.2. The average molecular weight is 478 g/mol. The van der Waals surface area contributed by atoms with E-state index in [0.29, 0.717) is 22.6 Å². The summed E-state index contributed by atoms with van der Waals surface area (Å²) in [6.45, 7) is 7.26.